The number of hydrogen-bond acceptors (Lipinski definition) is 3. The van der Waals surface area contributed by atoms with Gasteiger partial charge in [0.25, 0.3) is 0 Å². The Kier molecular flexibility index (Phi) is 3.81. The molecular formula is C14H11Cl2N3S. The predicted octanol–water partition coefficient (Wildman–Crippen LogP) is 4.29. The monoisotopic (exact) mass is 323 g/mol. The van der Waals surface area contributed by atoms with Gasteiger partial charge in [-0.1, -0.05) is 41.4 Å². The third-order valence-electron chi connectivity index (χ3n) is 3.00. The van der Waals surface area contributed by atoms with Crippen LogP contribution in [0.15, 0.2) is 48.8 Å². The maximum Gasteiger partial charge on any atom is 0.0995 e. The Labute approximate surface area is 130 Å². The Morgan fingerprint density at radius 1 is 1.20 bits per heavy atom. The van der Waals surface area contributed by atoms with Crippen LogP contribution in [-0.4, -0.2) is 9.78 Å². The lowest BCUT2D eigenvalue weighted by molar-refractivity contribution is 0.865. The van der Waals surface area contributed by atoms with Gasteiger partial charge in [0, 0.05) is 17.3 Å². The van der Waals surface area contributed by atoms with E-state index in [1.807, 2.05) is 36.5 Å². The number of nitrogens with zero attached hydrogens (tertiary/aromatic N) is 2. The van der Waals surface area contributed by atoms with E-state index in [0.717, 1.165) is 16.8 Å². The number of hydrogen-bond donors (Lipinski definition) is 1. The summed E-state index contributed by atoms with van der Waals surface area (Å²) in [6.07, 6.45) is 3.65. The normalized spacial score (nSPS) is 12.6. The molecule has 1 unspecified atom stereocenters. The Hall–Kier alpha value is -1.33. The van der Waals surface area contributed by atoms with Gasteiger partial charge in [-0.2, -0.15) is 5.10 Å². The molecule has 20 heavy (non-hydrogen) atoms. The minimum absolute atomic E-state index is 0.330. The number of thiophene rings is 1. The van der Waals surface area contributed by atoms with Gasteiger partial charge in [0.05, 0.1) is 26.6 Å². The highest BCUT2D eigenvalue weighted by atomic mass is 35.5. The number of rotatable bonds is 3. The quantitative estimate of drug-likeness (QED) is 0.781. The fraction of sp³-hybridized carbons (Fsp3) is 0.0714. The molecule has 0 bridgehead atoms. The highest BCUT2D eigenvalue weighted by Crippen LogP contribution is 2.36. The molecule has 0 saturated heterocycles. The molecule has 6 heteroatoms. The SMILES string of the molecule is NC(c1cnn(-c2ccccc2)c1)c1cc(Cl)sc1Cl. The first-order valence-corrected chi connectivity index (χ1v) is 7.52. The Balaban J connectivity index is 1.92. The van der Waals surface area contributed by atoms with Gasteiger partial charge >= 0.3 is 0 Å². The summed E-state index contributed by atoms with van der Waals surface area (Å²) in [7, 11) is 0. The first-order chi connectivity index (χ1) is 9.65. The summed E-state index contributed by atoms with van der Waals surface area (Å²) < 4.78 is 3.04. The van der Waals surface area contributed by atoms with Crippen LogP contribution in [0.25, 0.3) is 5.69 Å². The van der Waals surface area contributed by atoms with Crippen LogP contribution < -0.4 is 5.73 Å². The summed E-state index contributed by atoms with van der Waals surface area (Å²) in [4.78, 5) is 0. The van der Waals surface area contributed by atoms with Crippen molar-refractivity contribution in [2.24, 2.45) is 5.73 Å². The van der Waals surface area contributed by atoms with E-state index in [0.29, 0.717) is 8.67 Å². The minimum atomic E-state index is -0.330. The van der Waals surface area contributed by atoms with E-state index in [4.69, 9.17) is 28.9 Å². The van der Waals surface area contributed by atoms with Crippen LogP contribution in [0.1, 0.15) is 17.2 Å². The number of nitrogens with two attached hydrogens (primary N) is 1. The van der Waals surface area contributed by atoms with Crippen LogP contribution >= 0.6 is 34.5 Å². The molecular weight excluding hydrogens is 313 g/mol. The topological polar surface area (TPSA) is 43.8 Å². The van der Waals surface area contributed by atoms with Crippen LogP contribution in [-0.2, 0) is 0 Å². The lowest BCUT2D eigenvalue weighted by Crippen LogP contribution is -2.10. The van der Waals surface area contributed by atoms with E-state index in [9.17, 15) is 0 Å². The van der Waals surface area contributed by atoms with Crippen LogP contribution in [0.5, 0.6) is 0 Å². The van der Waals surface area contributed by atoms with E-state index < -0.39 is 0 Å². The largest absolute Gasteiger partial charge is 0.320 e. The van der Waals surface area contributed by atoms with Gasteiger partial charge in [-0.3, -0.25) is 0 Å². The molecule has 3 aromatic rings. The maximum absolute atomic E-state index is 6.23. The van der Waals surface area contributed by atoms with Crippen LogP contribution in [0.4, 0.5) is 0 Å². The van der Waals surface area contributed by atoms with Gasteiger partial charge in [0.15, 0.2) is 0 Å². The number of benzene rings is 1. The average Bonchev–Trinajstić information content (AvgIpc) is 3.06. The number of aromatic nitrogens is 2. The van der Waals surface area contributed by atoms with E-state index in [1.54, 1.807) is 16.9 Å². The van der Waals surface area contributed by atoms with Crippen molar-refractivity contribution >= 4 is 34.5 Å². The van der Waals surface area contributed by atoms with Crippen molar-refractivity contribution in [3.63, 3.8) is 0 Å². The van der Waals surface area contributed by atoms with E-state index in [2.05, 4.69) is 5.10 Å². The fourth-order valence-corrected chi connectivity index (χ4v) is 3.51. The highest BCUT2D eigenvalue weighted by molar-refractivity contribution is 7.20. The zero-order valence-electron chi connectivity index (χ0n) is 10.3. The molecule has 0 amide bonds. The summed E-state index contributed by atoms with van der Waals surface area (Å²) in [5.74, 6) is 0. The minimum Gasteiger partial charge on any atom is -0.320 e. The molecule has 0 aliphatic carbocycles. The van der Waals surface area contributed by atoms with Crippen LogP contribution in [0.3, 0.4) is 0 Å². The Morgan fingerprint density at radius 3 is 2.60 bits per heavy atom. The summed E-state index contributed by atoms with van der Waals surface area (Å²) in [5.41, 5.74) is 8.94. The highest BCUT2D eigenvalue weighted by Gasteiger charge is 2.17. The number of para-hydroxylation sites is 1. The smallest absolute Gasteiger partial charge is 0.0995 e. The van der Waals surface area contributed by atoms with Crippen molar-refractivity contribution < 1.29 is 0 Å². The van der Waals surface area contributed by atoms with Gasteiger partial charge < -0.3 is 5.73 Å². The standard InChI is InChI=1S/C14H11Cl2N3S/c15-12-6-11(14(16)20-12)13(17)9-7-18-19(8-9)10-4-2-1-3-5-10/h1-8,13H,17H2. The Bertz CT molecular complexity index is 721. The second-order valence-corrected chi connectivity index (χ2v) is 6.60. The first-order valence-electron chi connectivity index (χ1n) is 5.95. The molecule has 0 aliphatic rings. The molecule has 0 radical (unpaired) electrons. The molecule has 0 aliphatic heterocycles. The van der Waals surface area contributed by atoms with Crippen LogP contribution in [0.2, 0.25) is 8.67 Å². The van der Waals surface area contributed by atoms with Gasteiger partial charge in [0.1, 0.15) is 0 Å². The fourth-order valence-electron chi connectivity index (χ4n) is 1.96. The van der Waals surface area contributed by atoms with Gasteiger partial charge in [0.2, 0.25) is 0 Å². The molecule has 2 aromatic heterocycles. The summed E-state index contributed by atoms with van der Waals surface area (Å²) in [6, 6.07) is 11.3. The predicted molar refractivity (Wildman–Crippen MR) is 83.9 cm³/mol. The van der Waals surface area contributed by atoms with E-state index in [-0.39, 0.29) is 6.04 Å². The van der Waals surface area contributed by atoms with Crippen molar-refractivity contribution in [2.45, 2.75) is 6.04 Å². The van der Waals surface area contributed by atoms with Crippen LogP contribution in [0, 0.1) is 0 Å². The summed E-state index contributed by atoms with van der Waals surface area (Å²) in [6.45, 7) is 0. The van der Waals surface area contributed by atoms with Gasteiger partial charge in [-0.05, 0) is 18.2 Å². The molecule has 0 fully saturated rings. The molecule has 102 valence electrons. The van der Waals surface area contributed by atoms with Crippen molar-refractivity contribution in [1.29, 1.82) is 0 Å². The molecule has 3 nitrogen and oxygen atoms in total. The molecule has 1 atom stereocenters. The second kappa shape index (κ2) is 5.58. The lowest BCUT2D eigenvalue weighted by Gasteiger charge is -2.07. The first kappa shape index (κ1) is 13.6. The molecule has 3 rings (SSSR count). The molecule has 0 saturated carbocycles. The summed E-state index contributed by atoms with van der Waals surface area (Å²) >= 11 is 13.4. The van der Waals surface area contributed by atoms with Crippen molar-refractivity contribution in [3.8, 4) is 5.69 Å². The molecule has 2 heterocycles. The maximum atomic E-state index is 6.23. The van der Waals surface area contributed by atoms with Crippen molar-refractivity contribution in [3.05, 3.63) is 68.6 Å². The Morgan fingerprint density at radius 2 is 1.95 bits per heavy atom. The van der Waals surface area contributed by atoms with Gasteiger partial charge in [-0.25, -0.2) is 4.68 Å². The second-order valence-electron chi connectivity index (χ2n) is 4.31. The zero-order valence-corrected chi connectivity index (χ0v) is 12.7. The zero-order chi connectivity index (χ0) is 14.1. The van der Waals surface area contributed by atoms with Crippen molar-refractivity contribution in [1.82, 2.24) is 9.78 Å². The average molecular weight is 324 g/mol. The van der Waals surface area contributed by atoms with E-state index in [1.165, 1.54) is 11.3 Å². The molecule has 1 aromatic carbocycles. The third-order valence-corrected chi connectivity index (χ3v) is 4.52. The third kappa shape index (κ3) is 2.60. The summed E-state index contributed by atoms with van der Waals surface area (Å²) in [5, 5.41) is 4.33. The van der Waals surface area contributed by atoms with Gasteiger partial charge in [-0.15, -0.1) is 11.3 Å². The van der Waals surface area contributed by atoms with Crippen molar-refractivity contribution in [2.75, 3.05) is 0 Å². The number of halogens is 2. The lowest BCUT2D eigenvalue weighted by atomic mass is 10.1. The van der Waals surface area contributed by atoms with E-state index >= 15 is 0 Å². The molecule has 2 N–H and O–H groups in total. The molecule has 0 spiro atoms.